The van der Waals surface area contributed by atoms with Gasteiger partial charge in [0.1, 0.15) is 11.4 Å². The number of carbonyl (C=O) groups is 1. The Balaban J connectivity index is 1.64. The first-order valence-corrected chi connectivity index (χ1v) is 10.5. The molecule has 0 saturated heterocycles. The Kier molecular flexibility index (Phi) is 6.26. The van der Waals surface area contributed by atoms with Gasteiger partial charge in [0.15, 0.2) is 6.23 Å². The molecule has 1 unspecified atom stereocenters. The second-order valence-corrected chi connectivity index (χ2v) is 7.73. The van der Waals surface area contributed by atoms with Crippen LogP contribution in [0.1, 0.15) is 28.5 Å². The van der Waals surface area contributed by atoms with Crippen LogP contribution in [0.2, 0.25) is 0 Å². The van der Waals surface area contributed by atoms with Crippen molar-refractivity contribution in [2.75, 3.05) is 0 Å². The molecule has 5 heteroatoms. The Hall–Kier alpha value is -3.99. The fraction of sp³-hybridized carbons (Fsp3) is 0.148. The monoisotopic (exact) mass is 423 g/mol. The predicted molar refractivity (Wildman–Crippen MR) is 126 cm³/mol. The van der Waals surface area contributed by atoms with Crippen molar-refractivity contribution < 1.29 is 9.53 Å². The van der Waals surface area contributed by atoms with E-state index in [0.717, 1.165) is 22.4 Å². The number of benzene rings is 3. The number of ether oxygens (including phenoxy) is 1. The molecule has 0 aliphatic rings. The molecule has 32 heavy (non-hydrogen) atoms. The van der Waals surface area contributed by atoms with Gasteiger partial charge >= 0.3 is 0 Å². The molecule has 0 fully saturated rings. The average molecular weight is 424 g/mol. The summed E-state index contributed by atoms with van der Waals surface area (Å²) in [6, 6.07) is 25.5. The van der Waals surface area contributed by atoms with Crippen LogP contribution in [0.4, 0.5) is 0 Å². The van der Waals surface area contributed by atoms with E-state index in [0.29, 0.717) is 11.4 Å². The van der Waals surface area contributed by atoms with Crippen LogP contribution in [0.15, 0.2) is 85.1 Å². The van der Waals surface area contributed by atoms with E-state index in [1.54, 1.807) is 6.92 Å². The molecule has 0 radical (unpaired) electrons. The second-order valence-electron chi connectivity index (χ2n) is 7.73. The zero-order valence-electron chi connectivity index (χ0n) is 18.4. The molecular weight excluding hydrogens is 398 g/mol. The fourth-order valence-electron chi connectivity index (χ4n) is 3.33. The lowest BCUT2D eigenvalue weighted by Gasteiger charge is -2.16. The number of aromatic nitrogens is 2. The van der Waals surface area contributed by atoms with Crippen molar-refractivity contribution in [3.05, 3.63) is 102 Å². The Morgan fingerprint density at radius 1 is 0.812 bits per heavy atom. The number of amides is 1. The van der Waals surface area contributed by atoms with Crippen LogP contribution >= 0.6 is 0 Å². The Labute approximate surface area is 188 Å². The number of para-hydroxylation sites is 1. The molecule has 0 spiro atoms. The van der Waals surface area contributed by atoms with Gasteiger partial charge in [0.05, 0.1) is 17.6 Å². The van der Waals surface area contributed by atoms with E-state index < -0.39 is 6.23 Å². The minimum Gasteiger partial charge on any atom is -0.471 e. The van der Waals surface area contributed by atoms with E-state index in [9.17, 15) is 4.79 Å². The van der Waals surface area contributed by atoms with Crippen LogP contribution in [0.5, 0.6) is 5.75 Å². The SMILES string of the molecule is Cc1ccc(-c2ncc(C(=O)NC(C)Oc3ccccc3)nc2-c2ccc(C)cc2)cc1. The van der Waals surface area contributed by atoms with Crippen LogP contribution in [0, 0.1) is 13.8 Å². The first-order chi connectivity index (χ1) is 15.5. The maximum atomic E-state index is 12.9. The zero-order valence-corrected chi connectivity index (χ0v) is 18.4. The van der Waals surface area contributed by atoms with Gasteiger partial charge in [0, 0.05) is 11.1 Å². The third kappa shape index (κ3) is 5.01. The fourth-order valence-corrected chi connectivity index (χ4v) is 3.33. The molecule has 0 aliphatic carbocycles. The Morgan fingerprint density at radius 3 is 1.97 bits per heavy atom. The first-order valence-electron chi connectivity index (χ1n) is 10.5. The van der Waals surface area contributed by atoms with E-state index in [1.807, 2.05) is 92.7 Å². The quantitative estimate of drug-likeness (QED) is 0.411. The third-order valence-electron chi connectivity index (χ3n) is 5.05. The van der Waals surface area contributed by atoms with Crippen LogP contribution in [-0.4, -0.2) is 22.1 Å². The van der Waals surface area contributed by atoms with Crippen molar-refractivity contribution in [2.45, 2.75) is 27.0 Å². The molecule has 3 aromatic carbocycles. The highest BCUT2D eigenvalue weighted by Gasteiger charge is 2.17. The van der Waals surface area contributed by atoms with Gasteiger partial charge in [0.25, 0.3) is 5.91 Å². The third-order valence-corrected chi connectivity index (χ3v) is 5.05. The van der Waals surface area contributed by atoms with Crippen molar-refractivity contribution >= 4 is 5.91 Å². The number of rotatable bonds is 6. The van der Waals surface area contributed by atoms with Crippen molar-refractivity contribution in [3.63, 3.8) is 0 Å². The number of hydrogen-bond acceptors (Lipinski definition) is 4. The van der Waals surface area contributed by atoms with E-state index in [2.05, 4.69) is 10.3 Å². The summed E-state index contributed by atoms with van der Waals surface area (Å²) in [5, 5.41) is 2.84. The molecule has 1 amide bonds. The van der Waals surface area contributed by atoms with Gasteiger partial charge in [-0.05, 0) is 32.9 Å². The van der Waals surface area contributed by atoms with Gasteiger partial charge in [-0.2, -0.15) is 0 Å². The van der Waals surface area contributed by atoms with E-state index >= 15 is 0 Å². The minimum absolute atomic E-state index is 0.236. The van der Waals surface area contributed by atoms with Crippen LogP contribution in [0.25, 0.3) is 22.5 Å². The lowest BCUT2D eigenvalue weighted by molar-refractivity contribution is 0.0846. The minimum atomic E-state index is -0.522. The number of nitrogens with zero attached hydrogens (tertiary/aromatic N) is 2. The lowest BCUT2D eigenvalue weighted by Crippen LogP contribution is -2.37. The molecule has 160 valence electrons. The van der Waals surface area contributed by atoms with Crippen molar-refractivity contribution in [2.24, 2.45) is 0 Å². The molecular formula is C27H25N3O2. The topological polar surface area (TPSA) is 64.1 Å². The molecule has 4 aromatic rings. The molecule has 0 saturated carbocycles. The van der Waals surface area contributed by atoms with Gasteiger partial charge < -0.3 is 10.1 Å². The summed E-state index contributed by atoms with van der Waals surface area (Å²) in [7, 11) is 0. The Morgan fingerprint density at radius 2 is 1.38 bits per heavy atom. The summed E-state index contributed by atoms with van der Waals surface area (Å²) in [6.07, 6.45) is 0.989. The predicted octanol–water partition coefficient (Wildman–Crippen LogP) is 5.58. The normalized spacial score (nSPS) is 11.6. The van der Waals surface area contributed by atoms with E-state index in [-0.39, 0.29) is 11.6 Å². The van der Waals surface area contributed by atoms with Crippen LogP contribution < -0.4 is 10.1 Å². The summed E-state index contributed by atoms with van der Waals surface area (Å²) >= 11 is 0. The first kappa shape index (κ1) is 21.2. The maximum Gasteiger partial charge on any atom is 0.274 e. The number of nitrogens with one attached hydrogen (secondary N) is 1. The van der Waals surface area contributed by atoms with Crippen molar-refractivity contribution in [3.8, 4) is 28.3 Å². The highest BCUT2D eigenvalue weighted by Crippen LogP contribution is 2.29. The molecule has 1 heterocycles. The molecule has 1 atom stereocenters. The summed E-state index contributed by atoms with van der Waals surface area (Å²) in [6.45, 7) is 5.86. The smallest absolute Gasteiger partial charge is 0.274 e. The largest absolute Gasteiger partial charge is 0.471 e. The standard InChI is InChI=1S/C27H25N3O2/c1-18-9-13-21(14-10-18)25-26(22-15-11-19(2)12-16-22)30-24(17-28-25)27(31)29-20(3)32-23-7-5-4-6-8-23/h4-17,20H,1-3H3,(H,29,31). The molecule has 1 N–H and O–H groups in total. The van der Waals surface area contributed by atoms with Crippen LogP contribution in [0.3, 0.4) is 0 Å². The highest BCUT2D eigenvalue weighted by atomic mass is 16.5. The van der Waals surface area contributed by atoms with Gasteiger partial charge in [-0.1, -0.05) is 77.9 Å². The molecule has 0 bridgehead atoms. The van der Waals surface area contributed by atoms with Crippen molar-refractivity contribution in [1.82, 2.24) is 15.3 Å². The number of hydrogen-bond donors (Lipinski definition) is 1. The van der Waals surface area contributed by atoms with Gasteiger partial charge in [0.2, 0.25) is 0 Å². The summed E-state index contributed by atoms with van der Waals surface area (Å²) in [4.78, 5) is 22.2. The lowest BCUT2D eigenvalue weighted by atomic mass is 10.0. The zero-order chi connectivity index (χ0) is 22.5. The van der Waals surface area contributed by atoms with Gasteiger partial charge in [-0.25, -0.2) is 4.98 Å². The summed E-state index contributed by atoms with van der Waals surface area (Å²) in [5.41, 5.74) is 5.81. The van der Waals surface area contributed by atoms with Crippen molar-refractivity contribution in [1.29, 1.82) is 0 Å². The molecule has 5 nitrogen and oxygen atoms in total. The van der Waals surface area contributed by atoms with Crippen LogP contribution in [-0.2, 0) is 0 Å². The number of carbonyl (C=O) groups excluding carboxylic acids is 1. The average Bonchev–Trinajstić information content (AvgIpc) is 2.80. The highest BCUT2D eigenvalue weighted by molar-refractivity contribution is 5.93. The maximum absolute atomic E-state index is 12.9. The number of aryl methyl sites for hydroxylation is 2. The van der Waals surface area contributed by atoms with E-state index in [4.69, 9.17) is 9.72 Å². The van der Waals surface area contributed by atoms with Gasteiger partial charge in [-0.3, -0.25) is 9.78 Å². The van der Waals surface area contributed by atoms with E-state index in [1.165, 1.54) is 11.8 Å². The summed E-state index contributed by atoms with van der Waals surface area (Å²) < 4.78 is 5.76. The Bertz CT molecular complexity index is 1200. The molecule has 1 aromatic heterocycles. The van der Waals surface area contributed by atoms with Gasteiger partial charge in [-0.15, -0.1) is 0 Å². The second kappa shape index (κ2) is 9.43. The summed E-state index contributed by atoms with van der Waals surface area (Å²) in [5.74, 6) is 0.339. The molecule has 0 aliphatic heterocycles. The molecule has 4 rings (SSSR count).